The average Bonchev–Trinajstić information content (AvgIpc) is 3.18. The van der Waals surface area contributed by atoms with E-state index in [0.29, 0.717) is 22.5 Å². The first kappa shape index (κ1) is 15.9. The van der Waals surface area contributed by atoms with E-state index in [4.69, 9.17) is 0 Å². The third-order valence-corrected chi connectivity index (χ3v) is 6.88. The van der Waals surface area contributed by atoms with Crippen molar-refractivity contribution in [3.8, 4) is 0 Å². The Hall–Kier alpha value is -0.430. The van der Waals surface area contributed by atoms with Crippen LogP contribution in [0.25, 0.3) is 0 Å². The first-order chi connectivity index (χ1) is 9.41. The van der Waals surface area contributed by atoms with Gasteiger partial charge in [-0.1, -0.05) is 13.0 Å². The van der Waals surface area contributed by atoms with Crippen LogP contribution in [0.3, 0.4) is 0 Å². The minimum absolute atomic E-state index is 0.185. The van der Waals surface area contributed by atoms with E-state index in [9.17, 15) is 8.42 Å². The normalized spacial score (nSPS) is 15.8. The summed E-state index contributed by atoms with van der Waals surface area (Å²) in [4.78, 5) is 0.386. The van der Waals surface area contributed by atoms with Gasteiger partial charge in [0, 0.05) is 23.6 Å². The van der Waals surface area contributed by atoms with E-state index >= 15 is 0 Å². The molecule has 0 amide bonds. The van der Waals surface area contributed by atoms with Crippen molar-refractivity contribution in [2.45, 2.75) is 44.2 Å². The van der Waals surface area contributed by atoms with Crippen molar-refractivity contribution in [1.82, 2.24) is 9.62 Å². The summed E-state index contributed by atoms with van der Waals surface area (Å²) in [5.41, 5.74) is 1.93. The molecule has 0 heterocycles. The van der Waals surface area contributed by atoms with Crippen LogP contribution in [0.5, 0.6) is 0 Å². The van der Waals surface area contributed by atoms with Gasteiger partial charge in [0.15, 0.2) is 0 Å². The number of hydrogen-bond donors (Lipinski definition) is 1. The van der Waals surface area contributed by atoms with Gasteiger partial charge in [-0.05, 0) is 59.9 Å². The smallest absolute Gasteiger partial charge is 0.244 e. The molecule has 2 rings (SSSR count). The third kappa shape index (κ3) is 3.08. The van der Waals surface area contributed by atoms with Crippen LogP contribution in [0.15, 0.2) is 21.5 Å². The highest BCUT2D eigenvalue weighted by Gasteiger charge is 2.38. The predicted octanol–water partition coefficient (Wildman–Crippen LogP) is 2.65. The van der Waals surface area contributed by atoms with E-state index in [1.54, 1.807) is 10.4 Å². The molecule has 0 radical (unpaired) electrons. The lowest BCUT2D eigenvalue weighted by Gasteiger charge is -2.22. The Morgan fingerprint density at radius 2 is 2.05 bits per heavy atom. The minimum Gasteiger partial charge on any atom is -0.316 e. The summed E-state index contributed by atoms with van der Waals surface area (Å²) in [7, 11) is -1.57. The van der Waals surface area contributed by atoms with Gasteiger partial charge >= 0.3 is 0 Å². The third-order valence-electron chi connectivity index (χ3n) is 3.51. The van der Waals surface area contributed by atoms with Crippen molar-refractivity contribution in [3.63, 3.8) is 0 Å². The van der Waals surface area contributed by atoms with Gasteiger partial charge in [0.05, 0.1) is 4.90 Å². The van der Waals surface area contributed by atoms with Crippen LogP contribution in [0, 0.1) is 6.92 Å². The number of hydrogen-bond acceptors (Lipinski definition) is 3. The Bertz CT molecular complexity index is 597. The van der Waals surface area contributed by atoms with Gasteiger partial charge in [-0.15, -0.1) is 0 Å². The van der Waals surface area contributed by atoms with Gasteiger partial charge in [-0.2, -0.15) is 4.31 Å². The van der Waals surface area contributed by atoms with Crippen LogP contribution in [0.4, 0.5) is 0 Å². The molecule has 0 atom stereocenters. The fourth-order valence-corrected chi connectivity index (χ4v) is 5.14. The highest BCUT2D eigenvalue weighted by molar-refractivity contribution is 9.10. The lowest BCUT2D eigenvalue weighted by molar-refractivity contribution is 0.420. The molecule has 0 unspecified atom stereocenters. The number of nitrogens with one attached hydrogen (secondary N) is 1. The van der Waals surface area contributed by atoms with Crippen LogP contribution in [-0.2, 0) is 16.6 Å². The van der Waals surface area contributed by atoms with Crippen LogP contribution in [0.1, 0.15) is 30.9 Å². The number of halogens is 1. The summed E-state index contributed by atoms with van der Waals surface area (Å²) in [5, 5.41) is 3.06. The van der Waals surface area contributed by atoms with Crippen LogP contribution in [-0.4, -0.2) is 32.4 Å². The molecule has 0 saturated heterocycles. The van der Waals surface area contributed by atoms with Crippen molar-refractivity contribution in [3.05, 3.63) is 27.7 Å². The van der Waals surface area contributed by atoms with E-state index in [1.165, 1.54) is 0 Å². The van der Waals surface area contributed by atoms with Gasteiger partial charge in [0.25, 0.3) is 0 Å². The average molecular weight is 361 g/mol. The second-order valence-corrected chi connectivity index (χ2v) is 7.85. The van der Waals surface area contributed by atoms with Crippen molar-refractivity contribution in [1.29, 1.82) is 0 Å². The molecule has 1 fully saturated rings. The fourth-order valence-electron chi connectivity index (χ4n) is 2.42. The van der Waals surface area contributed by atoms with Gasteiger partial charge in [-0.25, -0.2) is 8.42 Å². The van der Waals surface area contributed by atoms with Crippen LogP contribution < -0.4 is 5.32 Å². The predicted molar refractivity (Wildman–Crippen MR) is 84.2 cm³/mol. The van der Waals surface area contributed by atoms with Crippen molar-refractivity contribution in [2.24, 2.45) is 0 Å². The van der Waals surface area contributed by atoms with Gasteiger partial charge in [0.1, 0.15) is 0 Å². The van der Waals surface area contributed by atoms with Crippen LogP contribution >= 0.6 is 15.9 Å². The Morgan fingerprint density at radius 3 is 2.55 bits per heavy atom. The summed E-state index contributed by atoms with van der Waals surface area (Å²) in [6.07, 6.45) is 1.94. The molecule has 4 nitrogen and oxygen atoms in total. The van der Waals surface area contributed by atoms with E-state index in [2.05, 4.69) is 21.2 Å². The van der Waals surface area contributed by atoms with Gasteiger partial charge in [-0.3, -0.25) is 0 Å². The molecular weight excluding hydrogens is 340 g/mol. The summed E-state index contributed by atoms with van der Waals surface area (Å²) >= 11 is 3.44. The largest absolute Gasteiger partial charge is 0.316 e. The topological polar surface area (TPSA) is 49.4 Å². The van der Waals surface area contributed by atoms with Crippen molar-refractivity contribution < 1.29 is 8.42 Å². The highest BCUT2D eigenvalue weighted by atomic mass is 79.9. The Balaban J connectivity index is 2.49. The fraction of sp³-hybridized carbons (Fsp3) is 0.571. The Morgan fingerprint density at radius 1 is 1.40 bits per heavy atom. The molecule has 0 bridgehead atoms. The number of sulfonamides is 1. The van der Waals surface area contributed by atoms with Crippen molar-refractivity contribution >= 4 is 26.0 Å². The quantitative estimate of drug-likeness (QED) is 0.848. The first-order valence-electron chi connectivity index (χ1n) is 6.87. The van der Waals surface area contributed by atoms with E-state index in [1.807, 2.05) is 27.0 Å². The first-order valence-corrected chi connectivity index (χ1v) is 9.10. The van der Waals surface area contributed by atoms with E-state index in [0.717, 1.165) is 24.0 Å². The molecule has 1 aromatic rings. The van der Waals surface area contributed by atoms with E-state index < -0.39 is 10.0 Å². The van der Waals surface area contributed by atoms with E-state index in [-0.39, 0.29) is 6.04 Å². The van der Waals surface area contributed by atoms with Gasteiger partial charge in [0.2, 0.25) is 10.0 Å². The second kappa shape index (κ2) is 6.13. The van der Waals surface area contributed by atoms with Crippen molar-refractivity contribution in [2.75, 3.05) is 13.6 Å². The molecule has 1 aromatic carbocycles. The monoisotopic (exact) mass is 360 g/mol. The van der Waals surface area contributed by atoms with Crippen LogP contribution in [0.2, 0.25) is 0 Å². The zero-order valence-electron chi connectivity index (χ0n) is 12.1. The molecule has 0 aromatic heterocycles. The Labute approximate surface area is 129 Å². The maximum Gasteiger partial charge on any atom is 0.244 e. The minimum atomic E-state index is -3.42. The summed E-state index contributed by atoms with van der Waals surface area (Å²) in [6.45, 7) is 5.00. The molecule has 1 saturated carbocycles. The lowest BCUT2D eigenvalue weighted by atomic mass is 10.1. The molecule has 1 aliphatic rings. The Kier molecular flexibility index (Phi) is 4.89. The highest BCUT2D eigenvalue weighted by Crippen LogP contribution is 2.35. The molecule has 6 heteroatoms. The molecular formula is C14H21BrN2O2S. The number of rotatable bonds is 6. The zero-order valence-corrected chi connectivity index (χ0v) is 14.5. The lowest BCUT2D eigenvalue weighted by Crippen LogP contribution is -2.33. The number of benzene rings is 1. The molecule has 112 valence electrons. The maximum absolute atomic E-state index is 12.8. The number of aryl methyl sites for hydroxylation is 1. The van der Waals surface area contributed by atoms with Gasteiger partial charge < -0.3 is 5.32 Å². The summed E-state index contributed by atoms with van der Waals surface area (Å²) < 4.78 is 28.0. The SMILES string of the molecule is CCN(C1CC1)S(=O)(=O)c1cc(CNC)cc(C)c1Br. The molecule has 0 aliphatic heterocycles. The summed E-state index contributed by atoms with van der Waals surface area (Å²) in [5.74, 6) is 0. The molecule has 0 spiro atoms. The number of nitrogens with zero attached hydrogens (tertiary/aromatic N) is 1. The zero-order chi connectivity index (χ0) is 14.9. The standard InChI is InChI=1S/C14H21BrN2O2S/c1-4-17(12-5-6-12)20(18,19)13-8-11(9-16-3)7-10(2)14(13)15/h7-8,12,16H,4-6,9H2,1-3H3. The maximum atomic E-state index is 12.8. The second-order valence-electron chi connectivity index (χ2n) is 5.19. The molecule has 20 heavy (non-hydrogen) atoms. The summed E-state index contributed by atoms with van der Waals surface area (Å²) in [6, 6.07) is 3.96. The molecule has 1 aliphatic carbocycles. The molecule has 1 N–H and O–H groups in total.